The molecule has 0 spiro atoms. The van der Waals surface area contributed by atoms with Gasteiger partial charge in [0, 0.05) is 18.8 Å². The van der Waals surface area contributed by atoms with Crippen molar-refractivity contribution in [3.63, 3.8) is 0 Å². The predicted octanol–water partition coefficient (Wildman–Crippen LogP) is 1.52. The van der Waals surface area contributed by atoms with E-state index in [0.29, 0.717) is 25.6 Å². The number of aromatic nitrogens is 2. The molecule has 0 bridgehead atoms. The molecular weight excluding hydrogens is 318 g/mol. The maximum absolute atomic E-state index is 13.2. The smallest absolute Gasteiger partial charge is 0.262 e. The summed E-state index contributed by atoms with van der Waals surface area (Å²) in [6.45, 7) is 7.48. The molecule has 2 fully saturated rings. The van der Waals surface area contributed by atoms with Crippen molar-refractivity contribution in [3.05, 3.63) is 12.0 Å². The van der Waals surface area contributed by atoms with E-state index in [1.807, 2.05) is 25.3 Å². The predicted molar refractivity (Wildman–Crippen MR) is 84.5 cm³/mol. The van der Waals surface area contributed by atoms with Crippen molar-refractivity contribution in [2.45, 2.75) is 70.0 Å². The molecule has 0 saturated carbocycles. The third kappa shape index (κ3) is 3.05. The highest BCUT2D eigenvalue weighted by Gasteiger charge is 2.44. The lowest BCUT2D eigenvalue weighted by Gasteiger charge is -2.40. The summed E-state index contributed by atoms with van der Waals surface area (Å²) < 4.78 is 41.0. The van der Waals surface area contributed by atoms with Gasteiger partial charge >= 0.3 is 0 Å². The van der Waals surface area contributed by atoms with Crippen molar-refractivity contribution >= 4 is 10.0 Å². The number of nitrogens with zero attached hydrogens (tertiary/aromatic N) is 3. The van der Waals surface area contributed by atoms with Crippen LogP contribution in [0.3, 0.4) is 0 Å². The highest BCUT2D eigenvalue weighted by Crippen LogP contribution is 2.33. The molecule has 1 aromatic rings. The van der Waals surface area contributed by atoms with Crippen LogP contribution in [0.5, 0.6) is 0 Å². The number of aryl methyl sites for hydroxylation is 2. The molecule has 23 heavy (non-hydrogen) atoms. The van der Waals surface area contributed by atoms with Gasteiger partial charge in [0.25, 0.3) is 10.0 Å². The van der Waals surface area contributed by atoms with Crippen molar-refractivity contribution in [3.8, 4) is 0 Å². The van der Waals surface area contributed by atoms with Gasteiger partial charge in [-0.1, -0.05) is 6.42 Å². The van der Waals surface area contributed by atoms with Crippen LogP contribution in [-0.4, -0.2) is 53.9 Å². The Bertz CT molecular complexity index is 652. The van der Waals surface area contributed by atoms with Gasteiger partial charge in [-0.25, -0.2) is 13.4 Å². The second-order valence-corrected chi connectivity index (χ2v) is 7.99. The lowest BCUT2D eigenvalue weighted by Crippen LogP contribution is -2.54. The topological polar surface area (TPSA) is 73.7 Å². The van der Waals surface area contributed by atoms with Crippen LogP contribution in [-0.2, 0) is 26.0 Å². The normalized spacial score (nSPS) is 27.6. The Hall–Kier alpha value is -0.960. The van der Waals surface area contributed by atoms with Crippen molar-refractivity contribution in [2.24, 2.45) is 0 Å². The third-order valence-electron chi connectivity index (χ3n) is 4.68. The molecule has 1 aromatic heterocycles. The number of imidazole rings is 1. The number of sulfonamides is 1. The van der Waals surface area contributed by atoms with E-state index in [0.717, 1.165) is 19.3 Å². The third-order valence-corrected chi connectivity index (χ3v) is 6.59. The minimum Gasteiger partial charge on any atom is -0.349 e. The van der Waals surface area contributed by atoms with Crippen molar-refractivity contribution in [2.75, 3.05) is 13.2 Å². The number of ether oxygens (including phenoxy) is 2. The summed E-state index contributed by atoms with van der Waals surface area (Å²) in [5.41, 5.74) is 0. The van der Waals surface area contributed by atoms with Crippen LogP contribution in [0.1, 0.15) is 38.9 Å². The van der Waals surface area contributed by atoms with Crippen LogP contribution in [0, 0.1) is 6.92 Å². The van der Waals surface area contributed by atoms with Gasteiger partial charge in [-0.05, 0) is 33.6 Å². The Balaban J connectivity index is 1.96. The molecule has 2 atom stereocenters. The summed E-state index contributed by atoms with van der Waals surface area (Å²) in [6, 6.07) is -0.364. The van der Waals surface area contributed by atoms with Crippen molar-refractivity contribution in [1.29, 1.82) is 0 Å². The second kappa shape index (κ2) is 6.51. The summed E-state index contributed by atoms with van der Waals surface area (Å²) in [6.07, 6.45) is 3.72. The van der Waals surface area contributed by atoms with Gasteiger partial charge in [0.15, 0.2) is 11.3 Å². The van der Waals surface area contributed by atoms with Gasteiger partial charge in [0.05, 0.1) is 19.3 Å². The monoisotopic (exact) mass is 343 g/mol. The van der Waals surface area contributed by atoms with Gasteiger partial charge < -0.3 is 14.0 Å². The summed E-state index contributed by atoms with van der Waals surface area (Å²) in [5.74, 6) is 0.709. The molecule has 8 heteroatoms. The van der Waals surface area contributed by atoms with Crippen molar-refractivity contribution in [1.82, 2.24) is 13.9 Å². The minimum atomic E-state index is -3.67. The van der Waals surface area contributed by atoms with E-state index >= 15 is 0 Å². The molecule has 130 valence electrons. The van der Waals surface area contributed by atoms with E-state index < -0.39 is 16.3 Å². The summed E-state index contributed by atoms with van der Waals surface area (Å²) in [5, 5.41) is 0.119. The van der Waals surface area contributed by atoms with Gasteiger partial charge in [0.2, 0.25) is 0 Å². The molecule has 0 unspecified atom stereocenters. The number of hydrogen-bond acceptors (Lipinski definition) is 5. The molecule has 7 nitrogen and oxygen atoms in total. The van der Waals surface area contributed by atoms with Crippen LogP contribution in [0.2, 0.25) is 0 Å². The van der Waals surface area contributed by atoms with Crippen LogP contribution < -0.4 is 0 Å². The summed E-state index contributed by atoms with van der Waals surface area (Å²) in [7, 11) is -3.67. The van der Waals surface area contributed by atoms with Crippen LogP contribution in [0.4, 0.5) is 0 Å². The van der Waals surface area contributed by atoms with E-state index in [-0.39, 0.29) is 17.1 Å². The Kier molecular flexibility index (Phi) is 4.78. The molecule has 0 radical (unpaired) electrons. The van der Waals surface area contributed by atoms with Crippen molar-refractivity contribution < 1.29 is 17.9 Å². The molecular formula is C15H25N3O4S. The minimum absolute atomic E-state index is 0.0846. The summed E-state index contributed by atoms with van der Waals surface area (Å²) >= 11 is 0. The van der Waals surface area contributed by atoms with Gasteiger partial charge in [0.1, 0.15) is 5.82 Å². The lowest BCUT2D eigenvalue weighted by atomic mass is 9.99. The number of hydrogen-bond donors (Lipinski definition) is 0. The Labute approximate surface area is 137 Å². The molecule has 3 heterocycles. The highest BCUT2D eigenvalue weighted by atomic mass is 32.2. The Morgan fingerprint density at radius 2 is 2.00 bits per heavy atom. The second-order valence-electron chi connectivity index (χ2n) is 6.20. The standard InChI is InChI=1S/C15H25N3O4S/c1-4-17-10-14(16-12(17)3)23(19,20)18-11(2)6-5-7-13(18)15-21-8-9-22-15/h10-11,13,15H,4-9H2,1-3H3/t11-,13-/m0/s1. The van der Waals surface area contributed by atoms with E-state index in [9.17, 15) is 8.42 Å². The quantitative estimate of drug-likeness (QED) is 0.829. The largest absolute Gasteiger partial charge is 0.349 e. The zero-order chi connectivity index (χ0) is 16.6. The molecule has 3 rings (SSSR count). The molecule has 2 aliphatic heterocycles. The lowest BCUT2D eigenvalue weighted by molar-refractivity contribution is -0.0976. The molecule has 2 aliphatic rings. The fourth-order valence-corrected chi connectivity index (χ4v) is 5.37. The van der Waals surface area contributed by atoms with Gasteiger partial charge in [-0.3, -0.25) is 0 Å². The van der Waals surface area contributed by atoms with Gasteiger partial charge in [-0.2, -0.15) is 4.31 Å². The first-order valence-electron chi connectivity index (χ1n) is 8.25. The molecule has 0 N–H and O–H groups in total. The molecule has 0 aliphatic carbocycles. The Morgan fingerprint density at radius 3 is 2.61 bits per heavy atom. The van der Waals surface area contributed by atoms with Crippen LogP contribution in [0.25, 0.3) is 0 Å². The first-order valence-corrected chi connectivity index (χ1v) is 9.69. The van der Waals surface area contributed by atoms with E-state index in [1.54, 1.807) is 10.5 Å². The molecule has 0 amide bonds. The fraction of sp³-hybridized carbons (Fsp3) is 0.800. The number of piperidine rings is 1. The Morgan fingerprint density at radius 1 is 1.30 bits per heavy atom. The highest BCUT2D eigenvalue weighted by molar-refractivity contribution is 7.89. The maximum atomic E-state index is 13.2. The first kappa shape index (κ1) is 16.9. The average Bonchev–Trinajstić information content (AvgIpc) is 3.16. The maximum Gasteiger partial charge on any atom is 0.262 e. The SMILES string of the molecule is CCn1cc(S(=O)(=O)N2[C@@H](C)CCC[C@H]2C2OCCO2)nc1C. The first-order chi connectivity index (χ1) is 10.9. The van der Waals surface area contributed by atoms with Crippen LogP contribution >= 0.6 is 0 Å². The zero-order valence-electron chi connectivity index (χ0n) is 13.9. The average molecular weight is 343 g/mol. The fourth-order valence-electron chi connectivity index (χ4n) is 3.51. The molecule has 2 saturated heterocycles. The van der Waals surface area contributed by atoms with Crippen LogP contribution in [0.15, 0.2) is 11.2 Å². The van der Waals surface area contributed by atoms with E-state index in [1.165, 1.54) is 0 Å². The van der Waals surface area contributed by atoms with E-state index in [2.05, 4.69) is 4.98 Å². The molecule has 0 aromatic carbocycles. The number of rotatable bonds is 4. The zero-order valence-corrected chi connectivity index (χ0v) is 14.8. The summed E-state index contributed by atoms with van der Waals surface area (Å²) in [4.78, 5) is 4.28. The van der Waals surface area contributed by atoms with E-state index in [4.69, 9.17) is 9.47 Å². The van der Waals surface area contributed by atoms with Gasteiger partial charge in [-0.15, -0.1) is 0 Å².